The molecule has 2 N–H and O–H groups in total. The molecule has 2 atom stereocenters. The maximum Gasteiger partial charge on any atom is 0.102 e. The number of piperidine rings is 1. The van der Waals surface area contributed by atoms with Crippen molar-refractivity contribution in [2.45, 2.75) is 31.8 Å². The maximum atomic E-state index is 12.0. The van der Waals surface area contributed by atoms with Gasteiger partial charge in [0.1, 0.15) is 6.67 Å². The second-order valence-electron chi connectivity index (χ2n) is 3.37. The number of hydrogen-bond acceptors (Lipinski definition) is 2. The lowest BCUT2D eigenvalue weighted by Gasteiger charge is -2.35. The van der Waals surface area contributed by atoms with Crippen molar-refractivity contribution < 1.29 is 4.39 Å². The van der Waals surface area contributed by atoms with Gasteiger partial charge in [0, 0.05) is 25.2 Å². The molecule has 2 unspecified atom stereocenters. The molecule has 0 spiro atoms. The van der Waals surface area contributed by atoms with Crippen LogP contribution in [0.15, 0.2) is 0 Å². The van der Waals surface area contributed by atoms with Crippen molar-refractivity contribution in [1.82, 2.24) is 4.90 Å². The van der Waals surface area contributed by atoms with Crippen LogP contribution < -0.4 is 5.73 Å². The summed E-state index contributed by atoms with van der Waals surface area (Å²) >= 11 is 0. The number of likely N-dealkylation sites (tertiary alicyclic amines) is 1. The molecule has 0 amide bonds. The number of nitrogens with two attached hydrogens (primary N) is 1. The van der Waals surface area contributed by atoms with E-state index in [1.807, 2.05) is 0 Å². The van der Waals surface area contributed by atoms with E-state index in [2.05, 4.69) is 11.8 Å². The van der Waals surface area contributed by atoms with Crippen LogP contribution in [0.4, 0.5) is 4.39 Å². The SMILES string of the molecule is CC1CCC(N)CN1CCF. The quantitative estimate of drug-likeness (QED) is 0.646. The summed E-state index contributed by atoms with van der Waals surface area (Å²) in [4.78, 5) is 2.13. The van der Waals surface area contributed by atoms with Crippen molar-refractivity contribution in [1.29, 1.82) is 0 Å². The number of hydrogen-bond donors (Lipinski definition) is 1. The van der Waals surface area contributed by atoms with Crippen LogP contribution >= 0.6 is 0 Å². The van der Waals surface area contributed by atoms with Crippen LogP contribution in [0.3, 0.4) is 0 Å². The highest BCUT2D eigenvalue weighted by atomic mass is 19.1. The van der Waals surface area contributed by atoms with Gasteiger partial charge in [0.15, 0.2) is 0 Å². The minimum atomic E-state index is -0.253. The molecule has 2 nitrogen and oxygen atoms in total. The molecule has 0 aliphatic carbocycles. The van der Waals surface area contributed by atoms with Gasteiger partial charge in [-0.25, -0.2) is 4.39 Å². The molecule has 0 bridgehead atoms. The molecule has 1 fully saturated rings. The van der Waals surface area contributed by atoms with E-state index >= 15 is 0 Å². The molecule has 11 heavy (non-hydrogen) atoms. The topological polar surface area (TPSA) is 29.3 Å². The van der Waals surface area contributed by atoms with E-state index in [4.69, 9.17) is 5.73 Å². The zero-order valence-corrected chi connectivity index (χ0v) is 7.09. The van der Waals surface area contributed by atoms with Crippen LogP contribution in [0.25, 0.3) is 0 Å². The smallest absolute Gasteiger partial charge is 0.102 e. The lowest BCUT2D eigenvalue weighted by molar-refractivity contribution is 0.135. The summed E-state index contributed by atoms with van der Waals surface area (Å²) in [5, 5.41) is 0. The molecular weight excluding hydrogens is 143 g/mol. The van der Waals surface area contributed by atoms with Gasteiger partial charge in [0.25, 0.3) is 0 Å². The van der Waals surface area contributed by atoms with Crippen LogP contribution in [0.5, 0.6) is 0 Å². The Hall–Kier alpha value is -0.150. The van der Waals surface area contributed by atoms with Crippen LogP contribution in [-0.4, -0.2) is 36.7 Å². The van der Waals surface area contributed by atoms with Crippen molar-refractivity contribution in [2.24, 2.45) is 5.73 Å². The largest absolute Gasteiger partial charge is 0.327 e. The van der Waals surface area contributed by atoms with Gasteiger partial charge in [-0.05, 0) is 19.8 Å². The van der Waals surface area contributed by atoms with Crippen molar-refractivity contribution >= 4 is 0 Å². The lowest BCUT2D eigenvalue weighted by Crippen LogP contribution is -2.48. The summed E-state index contributed by atoms with van der Waals surface area (Å²) < 4.78 is 12.0. The summed E-state index contributed by atoms with van der Waals surface area (Å²) in [6.07, 6.45) is 2.20. The maximum absolute atomic E-state index is 12.0. The predicted octanol–water partition coefficient (Wildman–Crippen LogP) is 0.767. The molecule has 0 aromatic carbocycles. The summed E-state index contributed by atoms with van der Waals surface area (Å²) in [5.74, 6) is 0. The summed E-state index contributed by atoms with van der Waals surface area (Å²) in [5.41, 5.74) is 5.75. The highest BCUT2D eigenvalue weighted by Gasteiger charge is 2.22. The molecule has 0 radical (unpaired) electrons. The molecule has 0 aromatic heterocycles. The summed E-state index contributed by atoms with van der Waals surface area (Å²) in [7, 11) is 0. The predicted molar refractivity (Wildman–Crippen MR) is 44.2 cm³/mol. The van der Waals surface area contributed by atoms with E-state index in [0.29, 0.717) is 12.6 Å². The van der Waals surface area contributed by atoms with Crippen LogP contribution in [0, 0.1) is 0 Å². The molecule has 0 saturated carbocycles. The first kappa shape index (κ1) is 8.94. The van der Waals surface area contributed by atoms with Gasteiger partial charge in [-0.15, -0.1) is 0 Å². The Morgan fingerprint density at radius 1 is 1.55 bits per heavy atom. The zero-order chi connectivity index (χ0) is 8.27. The standard InChI is InChI=1S/C8H17FN2/c1-7-2-3-8(10)6-11(7)5-4-9/h7-8H,2-6,10H2,1H3. The Morgan fingerprint density at radius 3 is 2.91 bits per heavy atom. The Balaban J connectivity index is 2.34. The van der Waals surface area contributed by atoms with Gasteiger partial charge in [-0.2, -0.15) is 0 Å². The van der Waals surface area contributed by atoms with Crippen molar-refractivity contribution in [3.05, 3.63) is 0 Å². The monoisotopic (exact) mass is 160 g/mol. The van der Waals surface area contributed by atoms with Gasteiger partial charge in [-0.1, -0.05) is 0 Å². The Labute approximate surface area is 67.6 Å². The molecule has 1 aliphatic heterocycles. The third kappa shape index (κ3) is 2.42. The van der Waals surface area contributed by atoms with E-state index in [1.54, 1.807) is 0 Å². The fraction of sp³-hybridized carbons (Fsp3) is 1.00. The molecule has 1 aliphatic rings. The van der Waals surface area contributed by atoms with E-state index < -0.39 is 0 Å². The Morgan fingerprint density at radius 2 is 2.27 bits per heavy atom. The van der Waals surface area contributed by atoms with E-state index in [-0.39, 0.29) is 12.7 Å². The molecule has 0 aromatic rings. The first-order valence-electron chi connectivity index (χ1n) is 4.29. The highest BCUT2D eigenvalue weighted by molar-refractivity contribution is 4.80. The molecule has 66 valence electrons. The van der Waals surface area contributed by atoms with Crippen LogP contribution in [0.2, 0.25) is 0 Å². The van der Waals surface area contributed by atoms with Gasteiger partial charge in [0.05, 0.1) is 0 Å². The van der Waals surface area contributed by atoms with E-state index in [1.165, 1.54) is 0 Å². The molecule has 3 heteroatoms. The van der Waals surface area contributed by atoms with E-state index in [0.717, 1.165) is 19.4 Å². The van der Waals surface area contributed by atoms with Gasteiger partial charge < -0.3 is 5.73 Å². The molecular formula is C8H17FN2. The minimum Gasteiger partial charge on any atom is -0.327 e. The first-order valence-corrected chi connectivity index (χ1v) is 4.29. The third-order valence-corrected chi connectivity index (χ3v) is 2.42. The number of nitrogens with zero attached hydrogens (tertiary/aromatic N) is 1. The van der Waals surface area contributed by atoms with Crippen molar-refractivity contribution in [2.75, 3.05) is 19.8 Å². The Kier molecular flexibility index (Phi) is 3.27. The van der Waals surface area contributed by atoms with Crippen molar-refractivity contribution in [3.8, 4) is 0 Å². The molecule has 1 heterocycles. The minimum absolute atomic E-state index is 0.253. The second-order valence-corrected chi connectivity index (χ2v) is 3.37. The molecule has 1 saturated heterocycles. The van der Waals surface area contributed by atoms with Gasteiger partial charge in [0.2, 0.25) is 0 Å². The van der Waals surface area contributed by atoms with Gasteiger partial charge >= 0.3 is 0 Å². The highest BCUT2D eigenvalue weighted by Crippen LogP contribution is 2.14. The van der Waals surface area contributed by atoms with E-state index in [9.17, 15) is 4.39 Å². The summed E-state index contributed by atoms with van der Waals surface area (Å²) in [6.45, 7) is 3.30. The fourth-order valence-electron chi connectivity index (χ4n) is 1.63. The number of alkyl halides is 1. The number of rotatable bonds is 2. The summed E-state index contributed by atoms with van der Waals surface area (Å²) in [6, 6.07) is 0.781. The van der Waals surface area contributed by atoms with Crippen LogP contribution in [0.1, 0.15) is 19.8 Å². The van der Waals surface area contributed by atoms with Crippen molar-refractivity contribution in [3.63, 3.8) is 0 Å². The number of halogens is 1. The third-order valence-electron chi connectivity index (χ3n) is 2.42. The zero-order valence-electron chi connectivity index (χ0n) is 7.09. The normalized spacial score (nSPS) is 34.1. The lowest BCUT2D eigenvalue weighted by atomic mass is 10.0. The van der Waals surface area contributed by atoms with Gasteiger partial charge in [-0.3, -0.25) is 4.90 Å². The first-order chi connectivity index (χ1) is 5.24. The molecule has 1 rings (SSSR count). The second kappa shape index (κ2) is 4.02. The average Bonchev–Trinajstić information content (AvgIpc) is 1.98. The van der Waals surface area contributed by atoms with Crippen LogP contribution in [-0.2, 0) is 0 Å². The fourth-order valence-corrected chi connectivity index (χ4v) is 1.63. The average molecular weight is 160 g/mol. The Bertz CT molecular complexity index is 119.